The maximum Gasteiger partial charge on any atom is 0.107 e. The summed E-state index contributed by atoms with van der Waals surface area (Å²) in [6.45, 7) is 5.43. The molecular weight excluding hydrogens is 182 g/mol. The highest BCUT2D eigenvalue weighted by Crippen LogP contribution is 2.09. The molecule has 1 aromatic rings. The molecule has 0 aliphatic rings. The van der Waals surface area contributed by atoms with Crippen LogP contribution < -0.4 is 0 Å². The zero-order chi connectivity index (χ0) is 9.68. The first-order valence-electron chi connectivity index (χ1n) is 4.23. The lowest BCUT2D eigenvalue weighted by atomic mass is 10.3. The van der Waals surface area contributed by atoms with Crippen molar-refractivity contribution in [3.05, 3.63) is 16.6 Å². The molecule has 0 unspecified atom stereocenters. The molecule has 0 aromatic carbocycles. The molecule has 0 aliphatic carbocycles. The molecule has 13 heavy (non-hydrogen) atoms. The van der Waals surface area contributed by atoms with Crippen molar-refractivity contribution in [2.45, 2.75) is 26.4 Å². The summed E-state index contributed by atoms with van der Waals surface area (Å²) in [5.41, 5.74) is 0. The van der Waals surface area contributed by atoms with E-state index in [4.69, 9.17) is 5.26 Å². The SMILES string of the molecule is CC(C)N(CC#N)Cc1nccs1. The molecule has 1 rings (SSSR count). The van der Waals surface area contributed by atoms with Crippen LogP contribution in [-0.4, -0.2) is 22.5 Å². The van der Waals surface area contributed by atoms with Crippen molar-refractivity contribution in [2.75, 3.05) is 6.54 Å². The van der Waals surface area contributed by atoms with Gasteiger partial charge in [0.2, 0.25) is 0 Å². The Bertz CT molecular complexity index is 274. The fourth-order valence-corrected chi connectivity index (χ4v) is 1.66. The second kappa shape index (κ2) is 4.95. The molecule has 0 N–H and O–H groups in total. The minimum atomic E-state index is 0.392. The highest BCUT2D eigenvalue weighted by molar-refractivity contribution is 7.09. The number of aromatic nitrogens is 1. The molecule has 0 fully saturated rings. The lowest BCUT2D eigenvalue weighted by Gasteiger charge is -2.21. The van der Waals surface area contributed by atoms with E-state index in [1.807, 2.05) is 5.38 Å². The number of hydrogen-bond acceptors (Lipinski definition) is 4. The van der Waals surface area contributed by atoms with Crippen LogP contribution in [0.3, 0.4) is 0 Å². The Labute approximate surface area is 82.6 Å². The Kier molecular flexibility index (Phi) is 3.87. The van der Waals surface area contributed by atoms with E-state index in [0.29, 0.717) is 12.6 Å². The predicted octanol–water partition coefficient (Wildman–Crippen LogP) is 1.88. The van der Waals surface area contributed by atoms with Gasteiger partial charge in [0.25, 0.3) is 0 Å². The van der Waals surface area contributed by atoms with Crippen LogP contribution in [0.25, 0.3) is 0 Å². The molecule has 3 nitrogen and oxygen atoms in total. The number of hydrogen-bond donors (Lipinski definition) is 0. The third-order valence-corrected chi connectivity index (χ3v) is 2.59. The maximum absolute atomic E-state index is 8.61. The van der Waals surface area contributed by atoms with Gasteiger partial charge in [-0.1, -0.05) is 0 Å². The van der Waals surface area contributed by atoms with Crippen molar-refractivity contribution < 1.29 is 0 Å². The third-order valence-electron chi connectivity index (χ3n) is 1.83. The molecule has 0 amide bonds. The average molecular weight is 195 g/mol. The summed E-state index contributed by atoms with van der Waals surface area (Å²) in [6, 6.07) is 2.56. The van der Waals surface area contributed by atoms with E-state index in [-0.39, 0.29) is 0 Å². The Morgan fingerprint density at radius 1 is 1.69 bits per heavy atom. The van der Waals surface area contributed by atoms with Gasteiger partial charge in [-0.3, -0.25) is 4.90 Å². The highest BCUT2D eigenvalue weighted by atomic mass is 32.1. The summed E-state index contributed by atoms with van der Waals surface area (Å²) in [5.74, 6) is 0. The minimum absolute atomic E-state index is 0.392. The third kappa shape index (κ3) is 3.13. The van der Waals surface area contributed by atoms with Gasteiger partial charge in [0.05, 0.1) is 19.2 Å². The smallest absolute Gasteiger partial charge is 0.107 e. The van der Waals surface area contributed by atoms with Crippen LogP contribution in [0, 0.1) is 11.3 Å². The van der Waals surface area contributed by atoms with Gasteiger partial charge in [-0.15, -0.1) is 11.3 Å². The van der Waals surface area contributed by atoms with Crippen molar-refractivity contribution in [1.29, 1.82) is 5.26 Å². The maximum atomic E-state index is 8.61. The summed E-state index contributed by atoms with van der Waals surface area (Å²) < 4.78 is 0. The highest BCUT2D eigenvalue weighted by Gasteiger charge is 2.10. The normalized spacial score (nSPS) is 10.7. The molecule has 0 saturated heterocycles. The van der Waals surface area contributed by atoms with Crippen LogP contribution in [0.1, 0.15) is 18.9 Å². The molecular formula is C9H13N3S. The van der Waals surface area contributed by atoms with Crippen molar-refractivity contribution >= 4 is 11.3 Å². The monoisotopic (exact) mass is 195 g/mol. The summed E-state index contributed by atoms with van der Waals surface area (Å²) >= 11 is 1.63. The molecule has 0 bridgehead atoms. The second-order valence-corrected chi connectivity index (χ2v) is 4.06. The Morgan fingerprint density at radius 3 is 2.92 bits per heavy atom. The lowest BCUT2D eigenvalue weighted by Crippen LogP contribution is -2.30. The minimum Gasteiger partial charge on any atom is -0.281 e. The summed E-state index contributed by atoms with van der Waals surface area (Å²) in [6.07, 6.45) is 1.80. The van der Waals surface area contributed by atoms with E-state index in [9.17, 15) is 0 Å². The molecule has 0 spiro atoms. The average Bonchev–Trinajstić information content (AvgIpc) is 2.56. The lowest BCUT2D eigenvalue weighted by molar-refractivity contribution is 0.240. The predicted molar refractivity (Wildman–Crippen MR) is 53.3 cm³/mol. The number of rotatable bonds is 4. The standard InChI is InChI=1S/C9H13N3S/c1-8(2)12(5-3-10)7-9-11-4-6-13-9/h4,6,8H,5,7H2,1-2H3. The van der Waals surface area contributed by atoms with Crippen LogP contribution in [0.2, 0.25) is 0 Å². The quantitative estimate of drug-likeness (QED) is 0.689. The van der Waals surface area contributed by atoms with Gasteiger partial charge in [0.15, 0.2) is 0 Å². The Hall–Kier alpha value is -0.920. The summed E-state index contributed by atoms with van der Waals surface area (Å²) in [7, 11) is 0. The van der Waals surface area contributed by atoms with Gasteiger partial charge >= 0.3 is 0 Å². The summed E-state index contributed by atoms with van der Waals surface area (Å²) in [5, 5.41) is 11.6. The van der Waals surface area contributed by atoms with Gasteiger partial charge in [-0.25, -0.2) is 4.98 Å². The zero-order valence-corrected chi connectivity index (χ0v) is 8.71. The summed E-state index contributed by atoms with van der Waals surface area (Å²) in [4.78, 5) is 6.28. The van der Waals surface area contributed by atoms with E-state index in [0.717, 1.165) is 11.6 Å². The molecule has 4 heteroatoms. The van der Waals surface area contributed by atoms with Gasteiger partial charge in [0.1, 0.15) is 5.01 Å². The van der Waals surface area contributed by atoms with Crippen LogP contribution >= 0.6 is 11.3 Å². The largest absolute Gasteiger partial charge is 0.281 e. The van der Waals surface area contributed by atoms with E-state index < -0.39 is 0 Å². The fourth-order valence-electron chi connectivity index (χ4n) is 1.02. The Balaban J connectivity index is 2.53. The van der Waals surface area contributed by atoms with Crippen molar-refractivity contribution in [2.24, 2.45) is 0 Å². The first kappa shape index (κ1) is 10.2. The van der Waals surface area contributed by atoms with E-state index in [1.54, 1.807) is 17.5 Å². The van der Waals surface area contributed by atoms with Gasteiger partial charge < -0.3 is 0 Å². The van der Waals surface area contributed by atoms with E-state index in [2.05, 4.69) is 29.8 Å². The van der Waals surface area contributed by atoms with Gasteiger partial charge in [-0.05, 0) is 13.8 Å². The number of nitrogens with zero attached hydrogens (tertiary/aromatic N) is 3. The molecule has 0 saturated carbocycles. The molecule has 1 aromatic heterocycles. The van der Waals surface area contributed by atoms with Crippen molar-refractivity contribution in [1.82, 2.24) is 9.88 Å². The van der Waals surface area contributed by atoms with Gasteiger partial charge in [-0.2, -0.15) is 5.26 Å². The first-order chi connectivity index (χ1) is 6.24. The van der Waals surface area contributed by atoms with E-state index in [1.165, 1.54) is 0 Å². The van der Waals surface area contributed by atoms with Crippen molar-refractivity contribution in [3.8, 4) is 6.07 Å². The number of nitriles is 1. The molecule has 0 atom stereocenters. The Morgan fingerprint density at radius 2 is 2.46 bits per heavy atom. The number of thiazole rings is 1. The van der Waals surface area contributed by atoms with E-state index >= 15 is 0 Å². The molecule has 0 aliphatic heterocycles. The fraction of sp³-hybridized carbons (Fsp3) is 0.556. The van der Waals surface area contributed by atoms with Crippen LogP contribution in [0.4, 0.5) is 0 Å². The van der Waals surface area contributed by atoms with Crippen LogP contribution in [-0.2, 0) is 6.54 Å². The molecule has 1 heterocycles. The van der Waals surface area contributed by atoms with Crippen molar-refractivity contribution in [3.63, 3.8) is 0 Å². The zero-order valence-electron chi connectivity index (χ0n) is 7.90. The first-order valence-corrected chi connectivity index (χ1v) is 5.11. The molecule has 70 valence electrons. The topological polar surface area (TPSA) is 39.9 Å². The molecule has 0 radical (unpaired) electrons. The second-order valence-electron chi connectivity index (χ2n) is 3.08. The van der Waals surface area contributed by atoms with Crippen LogP contribution in [0.15, 0.2) is 11.6 Å². The van der Waals surface area contributed by atoms with Crippen LogP contribution in [0.5, 0.6) is 0 Å². The van der Waals surface area contributed by atoms with Gasteiger partial charge in [0, 0.05) is 17.6 Å².